The fraction of sp³-hybridized carbons (Fsp3) is 0.588. The Bertz CT molecular complexity index is 692. The van der Waals surface area contributed by atoms with Crippen LogP contribution in [0.1, 0.15) is 40.1 Å². The van der Waals surface area contributed by atoms with Crippen molar-refractivity contribution in [3.8, 4) is 0 Å². The standard InChI is InChI=1S/C17H23N3O4S/c1-24-17(23)10-5-7-20(8-6-10)9-13(21)19-16-14(15(18)22)11-3-2-4-12(11)25-16/h10H,2-9H2,1H3,(H2,18,22)(H,19,21). The molecule has 0 atom stereocenters. The van der Waals surface area contributed by atoms with E-state index in [4.69, 9.17) is 10.5 Å². The number of carbonyl (C=O) groups excluding carboxylic acids is 3. The Morgan fingerprint density at radius 3 is 2.64 bits per heavy atom. The molecular weight excluding hydrogens is 342 g/mol. The summed E-state index contributed by atoms with van der Waals surface area (Å²) in [5, 5.41) is 3.43. The third-order valence-electron chi connectivity index (χ3n) is 4.91. The first-order chi connectivity index (χ1) is 12.0. The third kappa shape index (κ3) is 3.85. The Kier molecular flexibility index (Phi) is 5.39. The number of hydrogen-bond donors (Lipinski definition) is 2. The molecule has 2 amide bonds. The number of piperidine rings is 1. The van der Waals surface area contributed by atoms with Crippen LogP contribution < -0.4 is 11.1 Å². The molecule has 0 radical (unpaired) electrons. The molecule has 2 aliphatic rings. The minimum absolute atomic E-state index is 0.0777. The quantitative estimate of drug-likeness (QED) is 0.763. The number of nitrogens with two attached hydrogens (primary N) is 1. The lowest BCUT2D eigenvalue weighted by Gasteiger charge is -2.29. The summed E-state index contributed by atoms with van der Waals surface area (Å²) in [5.41, 5.74) is 7.00. The van der Waals surface area contributed by atoms with Crippen molar-refractivity contribution < 1.29 is 19.1 Å². The van der Waals surface area contributed by atoms with Gasteiger partial charge in [-0.3, -0.25) is 19.3 Å². The molecule has 0 aromatic carbocycles. The van der Waals surface area contributed by atoms with E-state index in [2.05, 4.69) is 5.32 Å². The fourth-order valence-corrected chi connectivity index (χ4v) is 4.93. The first-order valence-electron chi connectivity index (χ1n) is 8.54. The van der Waals surface area contributed by atoms with Gasteiger partial charge < -0.3 is 15.8 Å². The van der Waals surface area contributed by atoms with Gasteiger partial charge in [0, 0.05) is 4.88 Å². The number of methoxy groups -OCH3 is 1. The zero-order chi connectivity index (χ0) is 18.0. The molecular formula is C17H23N3O4S. The minimum Gasteiger partial charge on any atom is -0.469 e. The lowest BCUT2D eigenvalue weighted by Crippen LogP contribution is -2.41. The second-order valence-corrected chi connectivity index (χ2v) is 7.65. The van der Waals surface area contributed by atoms with E-state index < -0.39 is 5.91 Å². The molecule has 136 valence electrons. The van der Waals surface area contributed by atoms with Gasteiger partial charge in [0.2, 0.25) is 5.91 Å². The molecule has 25 heavy (non-hydrogen) atoms. The average Bonchev–Trinajstić information content (AvgIpc) is 3.14. The van der Waals surface area contributed by atoms with Crippen molar-refractivity contribution in [3.05, 3.63) is 16.0 Å². The third-order valence-corrected chi connectivity index (χ3v) is 6.12. The van der Waals surface area contributed by atoms with Crippen LogP contribution in [0.3, 0.4) is 0 Å². The lowest BCUT2D eigenvalue weighted by molar-refractivity contribution is -0.147. The number of nitrogens with zero attached hydrogens (tertiary/aromatic N) is 1. The number of nitrogens with one attached hydrogen (secondary N) is 1. The first-order valence-corrected chi connectivity index (χ1v) is 9.35. The van der Waals surface area contributed by atoms with E-state index in [-0.39, 0.29) is 24.3 Å². The van der Waals surface area contributed by atoms with Crippen LogP contribution in [0.2, 0.25) is 0 Å². The van der Waals surface area contributed by atoms with Gasteiger partial charge in [-0.15, -0.1) is 11.3 Å². The van der Waals surface area contributed by atoms with E-state index in [0.717, 1.165) is 29.7 Å². The maximum absolute atomic E-state index is 12.4. The molecule has 0 unspecified atom stereocenters. The van der Waals surface area contributed by atoms with E-state index in [0.29, 0.717) is 36.5 Å². The van der Waals surface area contributed by atoms with Gasteiger partial charge in [0.25, 0.3) is 5.91 Å². The van der Waals surface area contributed by atoms with Gasteiger partial charge in [0.1, 0.15) is 5.00 Å². The van der Waals surface area contributed by atoms with Crippen LogP contribution in [0.25, 0.3) is 0 Å². The van der Waals surface area contributed by atoms with E-state index in [1.807, 2.05) is 4.90 Å². The maximum Gasteiger partial charge on any atom is 0.308 e. The summed E-state index contributed by atoms with van der Waals surface area (Å²) in [4.78, 5) is 38.8. The molecule has 0 saturated carbocycles. The minimum atomic E-state index is -0.478. The largest absolute Gasteiger partial charge is 0.469 e. The molecule has 1 fully saturated rings. The summed E-state index contributed by atoms with van der Waals surface area (Å²) < 4.78 is 4.77. The van der Waals surface area contributed by atoms with Gasteiger partial charge in [0.15, 0.2) is 0 Å². The van der Waals surface area contributed by atoms with Crippen molar-refractivity contribution in [1.29, 1.82) is 0 Å². The number of ether oxygens (including phenoxy) is 1. The fourth-order valence-electron chi connectivity index (χ4n) is 3.62. The second kappa shape index (κ2) is 7.53. The van der Waals surface area contributed by atoms with Gasteiger partial charge >= 0.3 is 5.97 Å². The molecule has 1 aliphatic heterocycles. The molecule has 3 N–H and O–H groups in total. The summed E-state index contributed by atoms with van der Waals surface area (Å²) >= 11 is 1.46. The maximum atomic E-state index is 12.4. The zero-order valence-corrected chi connectivity index (χ0v) is 15.1. The number of amides is 2. The molecule has 8 heteroatoms. The van der Waals surface area contributed by atoms with Crippen molar-refractivity contribution in [2.45, 2.75) is 32.1 Å². The Hall–Kier alpha value is -1.93. The van der Waals surface area contributed by atoms with Crippen molar-refractivity contribution >= 4 is 34.1 Å². The summed E-state index contributed by atoms with van der Waals surface area (Å²) in [6, 6.07) is 0. The highest BCUT2D eigenvalue weighted by Crippen LogP contribution is 2.38. The predicted octanol–water partition coefficient (Wildman–Crippen LogP) is 1.16. The zero-order valence-electron chi connectivity index (χ0n) is 14.3. The number of esters is 1. The highest BCUT2D eigenvalue weighted by molar-refractivity contribution is 7.17. The van der Waals surface area contributed by atoms with Crippen LogP contribution in [-0.2, 0) is 27.2 Å². The second-order valence-electron chi connectivity index (χ2n) is 6.55. The van der Waals surface area contributed by atoms with Crippen LogP contribution >= 0.6 is 11.3 Å². The van der Waals surface area contributed by atoms with Gasteiger partial charge in [-0.1, -0.05) is 0 Å². The average molecular weight is 365 g/mol. The van der Waals surface area contributed by atoms with Gasteiger partial charge in [-0.05, 0) is 50.8 Å². The summed E-state index contributed by atoms with van der Waals surface area (Å²) in [6.07, 6.45) is 4.21. The number of likely N-dealkylation sites (tertiary alicyclic amines) is 1. The topological polar surface area (TPSA) is 102 Å². The monoisotopic (exact) mass is 365 g/mol. The molecule has 1 aromatic rings. The van der Waals surface area contributed by atoms with E-state index in [1.165, 1.54) is 18.4 Å². The van der Waals surface area contributed by atoms with Crippen molar-refractivity contribution in [2.24, 2.45) is 11.7 Å². The molecule has 7 nitrogen and oxygen atoms in total. The first kappa shape index (κ1) is 17.9. The number of aryl methyl sites for hydroxylation is 1. The molecule has 3 rings (SSSR count). The number of anilines is 1. The number of rotatable bonds is 5. The van der Waals surface area contributed by atoms with Crippen molar-refractivity contribution in [3.63, 3.8) is 0 Å². The molecule has 0 bridgehead atoms. The number of thiophene rings is 1. The normalized spacial score (nSPS) is 18.0. The van der Waals surface area contributed by atoms with Crippen LogP contribution in [0.15, 0.2) is 0 Å². The van der Waals surface area contributed by atoms with Crippen LogP contribution in [0.4, 0.5) is 5.00 Å². The molecule has 0 spiro atoms. The number of fused-ring (bicyclic) bond motifs is 1. The summed E-state index contributed by atoms with van der Waals surface area (Å²) in [6.45, 7) is 1.60. The van der Waals surface area contributed by atoms with Crippen molar-refractivity contribution in [2.75, 3.05) is 32.1 Å². The van der Waals surface area contributed by atoms with E-state index in [9.17, 15) is 14.4 Å². The van der Waals surface area contributed by atoms with E-state index in [1.54, 1.807) is 0 Å². The summed E-state index contributed by atoms with van der Waals surface area (Å²) in [7, 11) is 1.40. The van der Waals surface area contributed by atoms with Gasteiger partial charge in [-0.25, -0.2) is 0 Å². The molecule has 1 aliphatic carbocycles. The SMILES string of the molecule is COC(=O)C1CCN(CC(=O)Nc2sc3c(c2C(N)=O)CCC3)CC1. The molecule has 2 heterocycles. The van der Waals surface area contributed by atoms with Crippen LogP contribution in [0, 0.1) is 5.92 Å². The lowest BCUT2D eigenvalue weighted by atomic mass is 9.97. The molecule has 1 aromatic heterocycles. The highest BCUT2D eigenvalue weighted by Gasteiger charge is 2.28. The predicted molar refractivity (Wildman–Crippen MR) is 94.7 cm³/mol. The Labute approximate surface area is 150 Å². The van der Waals surface area contributed by atoms with Gasteiger partial charge in [0.05, 0.1) is 25.1 Å². The number of carbonyl (C=O) groups is 3. The van der Waals surface area contributed by atoms with Crippen molar-refractivity contribution in [1.82, 2.24) is 4.90 Å². The Morgan fingerprint density at radius 1 is 1.28 bits per heavy atom. The number of hydrogen-bond acceptors (Lipinski definition) is 6. The number of primary amides is 1. The van der Waals surface area contributed by atoms with Gasteiger partial charge in [-0.2, -0.15) is 0 Å². The Balaban J connectivity index is 1.57. The van der Waals surface area contributed by atoms with Crippen LogP contribution in [0.5, 0.6) is 0 Å². The highest BCUT2D eigenvalue weighted by atomic mass is 32.1. The summed E-state index contributed by atoms with van der Waals surface area (Å²) in [5.74, 6) is -0.887. The van der Waals surface area contributed by atoms with Crippen LogP contribution in [-0.4, -0.2) is 49.4 Å². The Morgan fingerprint density at radius 2 is 2.00 bits per heavy atom. The smallest absolute Gasteiger partial charge is 0.308 e. The molecule has 1 saturated heterocycles. The van der Waals surface area contributed by atoms with E-state index >= 15 is 0 Å².